The van der Waals surface area contributed by atoms with Crippen LogP contribution in [0.25, 0.3) is 5.82 Å². The third-order valence-electron chi connectivity index (χ3n) is 5.11. The van der Waals surface area contributed by atoms with E-state index in [0.717, 1.165) is 49.6 Å². The van der Waals surface area contributed by atoms with Crippen LogP contribution in [0.3, 0.4) is 0 Å². The van der Waals surface area contributed by atoms with Crippen LogP contribution < -0.4 is 5.32 Å². The fourth-order valence-corrected chi connectivity index (χ4v) is 3.96. The average molecular weight is 325 g/mol. The van der Waals surface area contributed by atoms with Crippen molar-refractivity contribution in [1.29, 1.82) is 0 Å². The first-order chi connectivity index (χ1) is 11.6. The molecule has 0 radical (unpaired) electrons. The maximum atomic E-state index is 13.0. The molecule has 0 aliphatic carbocycles. The van der Waals surface area contributed by atoms with Gasteiger partial charge in [0.25, 0.3) is 5.91 Å². The van der Waals surface area contributed by atoms with E-state index in [4.69, 9.17) is 0 Å². The van der Waals surface area contributed by atoms with Gasteiger partial charge in [0, 0.05) is 30.5 Å². The fraction of sp³-hybridized carbons (Fsp3) is 0.500. The topological polar surface area (TPSA) is 63.1 Å². The van der Waals surface area contributed by atoms with Gasteiger partial charge in [0.2, 0.25) is 0 Å². The quantitative estimate of drug-likeness (QED) is 0.915. The van der Waals surface area contributed by atoms with E-state index in [9.17, 15) is 4.79 Å². The van der Waals surface area contributed by atoms with Crippen molar-refractivity contribution in [3.63, 3.8) is 0 Å². The van der Waals surface area contributed by atoms with E-state index in [-0.39, 0.29) is 5.91 Å². The van der Waals surface area contributed by atoms with Gasteiger partial charge in [-0.25, -0.2) is 9.67 Å². The van der Waals surface area contributed by atoms with Gasteiger partial charge in [-0.2, -0.15) is 5.10 Å². The molecule has 6 nitrogen and oxygen atoms in total. The van der Waals surface area contributed by atoms with E-state index in [1.165, 1.54) is 0 Å². The molecule has 0 spiro atoms. The van der Waals surface area contributed by atoms with Crippen molar-refractivity contribution in [2.75, 3.05) is 13.1 Å². The van der Waals surface area contributed by atoms with E-state index >= 15 is 0 Å². The summed E-state index contributed by atoms with van der Waals surface area (Å²) in [6, 6.07) is 6.46. The molecule has 6 heteroatoms. The lowest BCUT2D eigenvalue weighted by atomic mass is 10.1. The van der Waals surface area contributed by atoms with E-state index in [0.29, 0.717) is 17.6 Å². The Hall–Kier alpha value is -2.21. The molecular formula is C18H23N5O. The molecule has 2 aromatic rings. The Morgan fingerprint density at radius 1 is 1.21 bits per heavy atom. The highest BCUT2D eigenvalue weighted by Crippen LogP contribution is 2.29. The predicted molar refractivity (Wildman–Crippen MR) is 91.3 cm³/mol. The number of pyridine rings is 1. The summed E-state index contributed by atoms with van der Waals surface area (Å²) in [5, 5.41) is 7.87. The minimum Gasteiger partial charge on any atom is -0.331 e. The summed E-state index contributed by atoms with van der Waals surface area (Å²) in [7, 11) is 0. The van der Waals surface area contributed by atoms with Crippen LogP contribution >= 0.6 is 0 Å². The zero-order valence-corrected chi connectivity index (χ0v) is 14.2. The van der Waals surface area contributed by atoms with Crippen molar-refractivity contribution in [3.8, 4) is 5.82 Å². The van der Waals surface area contributed by atoms with E-state index in [1.54, 1.807) is 6.20 Å². The smallest absolute Gasteiger partial charge is 0.255 e. The summed E-state index contributed by atoms with van der Waals surface area (Å²) in [6.45, 7) is 5.87. The number of hydrogen-bond acceptors (Lipinski definition) is 4. The van der Waals surface area contributed by atoms with E-state index < -0.39 is 0 Å². The molecule has 0 aromatic carbocycles. The van der Waals surface area contributed by atoms with Gasteiger partial charge >= 0.3 is 0 Å². The molecule has 2 aromatic heterocycles. The normalized spacial score (nSPS) is 23.3. The van der Waals surface area contributed by atoms with E-state index in [2.05, 4.69) is 20.3 Å². The summed E-state index contributed by atoms with van der Waals surface area (Å²) >= 11 is 0. The predicted octanol–water partition coefficient (Wildman–Crippen LogP) is 1.85. The monoisotopic (exact) mass is 325 g/mol. The summed E-state index contributed by atoms with van der Waals surface area (Å²) in [4.78, 5) is 19.5. The van der Waals surface area contributed by atoms with Gasteiger partial charge < -0.3 is 10.2 Å². The Bertz CT molecular complexity index is 737. The van der Waals surface area contributed by atoms with Crippen LogP contribution in [0.1, 0.15) is 41.0 Å². The van der Waals surface area contributed by atoms with Gasteiger partial charge in [0.15, 0.2) is 5.82 Å². The summed E-state index contributed by atoms with van der Waals surface area (Å²) in [5.74, 6) is 0.858. The first kappa shape index (κ1) is 15.3. The minimum absolute atomic E-state index is 0.110. The van der Waals surface area contributed by atoms with Crippen LogP contribution in [0, 0.1) is 13.8 Å². The molecule has 2 fully saturated rings. The van der Waals surface area contributed by atoms with Crippen molar-refractivity contribution >= 4 is 5.91 Å². The van der Waals surface area contributed by atoms with Crippen LogP contribution in [0.5, 0.6) is 0 Å². The molecule has 4 rings (SSSR count). The standard InChI is InChI=1S/C18H23N5O/c1-12-9-13(2)23(21-12)17-6-3-14(10-20-17)18(24)22-15-4-5-16(22)11-19-8-7-15/h3,6,9-10,15-16,19H,4-5,7-8,11H2,1-2H3. The Kier molecular flexibility index (Phi) is 3.84. The lowest BCUT2D eigenvalue weighted by Gasteiger charge is -2.27. The molecule has 2 atom stereocenters. The van der Waals surface area contributed by atoms with Crippen molar-refractivity contribution in [1.82, 2.24) is 25.0 Å². The van der Waals surface area contributed by atoms with Crippen LogP contribution in [-0.2, 0) is 0 Å². The molecule has 1 N–H and O–H groups in total. The zero-order chi connectivity index (χ0) is 16.7. The number of nitrogens with one attached hydrogen (secondary N) is 1. The highest BCUT2D eigenvalue weighted by molar-refractivity contribution is 5.94. The van der Waals surface area contributed by atoms with Gasteiger partial charge in [-0.15, -0.1) is 0 Å². The molecule has 126 valence electrons. The molecule has 2 aliphatic heterocycles. The lowest BCUT2D eigenvalue weighted by Crippen LogP contribution is -2.42. The summed E-state index contributed by atoms with van der Waals surface area (Å²) in [6.07, 6.45) is 4.95. The number of carbonyl (C=O) groups is 1. The number of rotatable bonds is 2. The Balaban J connectivity index is 1.58. The number of fused-ring (bicyclic) bond motifs is 2. The van der Waals surface area contributed by atoms with Gasteiger partial charge in [0.05, 0.1) is 11.3 Å². The van der Waals surface area contributed by atoms with Crippen LogP contribution in [0.4, 0.5) is 0 Å². The fourth-order valence-electron chi connectivity index (χ4n) is 3.96. The SMILES string of the molecule is Cc1cc(C)n(-c2ccc(C(=O)N3C4CCNCC3CC4)cn2)n1. The number of hydrogen-bond donors (Lipinski definition) is 1. The van der Waals surface area contributed by atoms with Crippen LogP contribution in [-0.4, -0.2) is 50.7 Å². The maximum Gasteiger partial charge on any atom is 0.255 e. The highest BCUT2D eigenvalue weighted by Gasteiger charge is 2.38. The van der Waals surface area contributed by atoms with Crippen molar-refractivity contribution in [2.45, 2.75) is 45.2 Å². The van der Waals surface area contributed by atoms with Gasteiger partial charge in [-0.3, -0.25) is 4.79 Å². The zero-order valence-electron chi connectivity index (χ0n) is 14.2. The summed E-state index contributed by atoms with van der Waals surface area (Å²) < 4.78 is 1.81. The lowest BCUT2D eigenvalue weighted by molar-refractivity contribution is 0.0680. The van der Waals surface area contributed by atoms with Crippen molar-refractivity contribution < 1.29 is 4.79 Å². The molecule has 2 aliphatic rings. The van der Waals surface area contributed by atoms with E-state index in [1.807, 2.05) is 36.7 Å². The third kappa shape index (κ3) is 2.60. The molecule has 0 saturated carbocycles. The third-order valence-corrected chi connectivity index (χ3v) is 5.11. The second-order valence-electron chi connectivity index (χ2n) is 6.83. The number of aromatic nitrogens is 3. The van der Waals surface area contributed by atoms with Crippen LogP contribution in [0.15, 0.2) is 24.4 Å². The van der Waals surface area contributed by atoms with Gasteiger partial charge in [0.1, 0.15) is 0 Å². The second-order valence-corrected chi connectivity index (χ2v) is 6.83. The Morgan fingerprint density at radius 2 is 2.04 bits per heavy atom. The Labute approximate surface area is 141 Å². The number of nitrogens with zero attached hydrogens (tertiary/aromatic N) is 4. The Morgan fingerprint density at radius 3 is 2.75 bits per heavy atom. The molecule has 4 heterocycles. The first-order valence-electron chi connectivity index (χ1n) is 8.66. The molecule has 2 bridgehead atoms. The molecule has 2 saturated heterocycles. The highest BCUT2D eigenvalue weighted by atomic mass is 16.2. The molecule has 24 heavy (non-hydrogen) atoms. The van der Waals surface area contributed by atoms with Crippen molar-refractivity contribution in [3.05, 3.63) is 41.3 Å². The number of aryl methyl sites for hydroxylation is 2. The number of carbonyl (C=O) groups excluding carboxylic acids is 1. The first-order valence-corrected chi connectivity index (χ1v) is 8.66. The largest absolute Gasteiger partial charge is 0.331 e. The van der Waals surface area contributed by atoms with Crippen molar-refractivity contribution in [2.24, 2.45) is 0 Å². The van der Waals surface area contributed by atoms with Gasteiger partial charge in [-0.1, -0.05) is 0 Å². The number of amides is 1. The second kappa shape index (κ2) is 6.02. The molecule has 2 unspecified atom stereocenters. The average Bonchev–Trinajstić information content (AvgIpc) is 3.04. The van der Waals surface area contributed by atoms with Crippen LogP contribution in [0.2, 0.25) is 0 Å². The van der Waals surface area contributed by atoms with Gasteiger partial charge in [-0.05, 0) is 57.9 Å². The summed E-state index contributed by atoms with van der Waals surface area (Å²) in [5.41, 5.74) is 2.66. The molecular weight excluding hydrogens is 302 g/mol. The minimum atomic E-state index is 0.110. The molecule has 1 amide bonds. The maximum absolute atomic E-state index is 13.0.